The number of nitrogens with zero attached hydrogens (tertiary/aromatic N) is 2. The summed E-state index contributed by atoms with van der Waals surface area (Å²) in [5, 5.41) is 4.85. The number of hydrogen-bond acceptors (Lipinski definition) is 3. The van der Waals surface area contributed by atoms with Crippen molar-refractivity contribution in [2.75, 3.05) is 6.54 Å². The van der Waals surface area contributed by atoms with Gasteiger partial charge in [-0.05, 0) is 43.7 Å². The number of nitrogens with one attached hydrogen (secondary N) is 1. The first kappa shape index (κ1) is 16.7. The molecule has 0 aliphatic rings. The molecule has 1 heterocycles. The topological polar surface area (TPSA) is 46.9 Å². The molecule has 24 heavy (non-hydrogen) atoms. The van der Waals surface area contributed by atoms with Crippen LogP contribution in [-0.2, 0) is 12.1 Å². The van der Waals surface area contributed by atoms with E-state index in [4.69, 9.17) is 11.6 Å². The third-order valence-electron chi connectivity index (χ3n) is 4.20. The van der Waals surface area contributed by atoms with Crippen molar-refractivity contribution in [1.29, 1.82) is 0 Å². The Bertz CT molecular complexity index is 918. The molecule has 0 saturated heterocycles. The molecule has 124 valence electrons. The molecule has 3 rings (SSSR count). The number of hydrogen-bond donors (Lipinski definition) is 1. The average molecular weight is 342 g/mol. The van der Waals surface area contributed by atoms with Gasteiger partial charge in [-0.25, -0.2) is 4.98 Å². The van der Waals surface area contributed by atoms with Crippen LogP contribution in [0, 0.1) is 0 Å². The lowest BCUT2D eigenvalue weighted by atomic mass is 9.94. The molecule has 0 fully saturated rings. The third-order valence-corrected chi connectivity index (χ3v) is 4.43. The highest BCUT2D eigenvalue weighted by molar-refractivity contribution is 6.30. The first-order valence-electron chi connectivity index (χ1n) is 7.93. The van der Waals surface area contributed by atoms with E-state index in [9.17, 15) is 4.79 Å². The van der Waals surface area contributed by atoms with E-state index in [1.54, 1.807) is 10.9 Å². The molecule has 0 atom stereocenters. The Kier molecular flexibility index (Phi) is 4.69. The van der Waals surface area contributed by atoms with Crippen molar-refractivity contribution in [1.82, 2.24) is 14.9 Å². The first-order chi connectivity index (χ1) is 11.5. The summed E-state index contributed by atoms with van der Waals surface area (Å²) < 4.78 is 1.64. The minimum atomic E-state index is -0.237. The summed E-state index contributed by atoms with van der Waals surface area (Å²) in [5.74, 6) is 0. The lowest BCUT2D eigenvalue weighted by Crippen LogP contribution is -2.39. The molecule has 0 amide bonds. The van der Waals surface area contributed by atoms with Crippen LogP contribution in [-0.4, -0.2) is 16.1 Å². The fourth-order valence-corrected chi connectivity index (χ4v) is 2.92. The fourth-order valence-electron chi connectivity index (χ4n) is 2.73. The second-order valence-electron chi connectivity index (χ2n) is 6.32. The van der Waals surface area contributed by atoms with E-state index in [1.165, 1.54) is 0 Å². The van der Waals surface area contributed by atoms with Crippen LogP contribution in [0.5, 0.6) is 0 Å². The molecule has 3 aromatic rings. The van der Waals surface area contributed by atoms with Crippen LogP contribution in [0.3, 0.4) is 0 Å². The molecule has 5 heteroatoms. The fraction of sp³-hybridized carbons (Fsp3) is 0.263. The predicted molar refractivity (Wildman–Crippen MR) is 98.5 cm³/mol. The summed E-state index contributed by atoms with van der Waals surface area (Å²) in [6.45, 7) is 5.40. The van der Waals surface area contributed by atoms with Crippen LogP contribution in [0.4, 0.5) is 0 Å². The van der Waals surface area contributed by atoms with Gasteiger partial charge in [-0.15, -0.1) is 0 Å². The summed E-state index contributed by atoms with van der Waals surface area (Å²) in [5.41, 5.74) is 1.59. The molecule has 0 aliphatic carbocycles. The minimum absolute atomic E-state index is 0.0111. The zero-order valence-electron chi connectivity index (χ0n) is 13.8. The highest BCUT2D eigenvalue weighted by atomic mass is 35.5. The summed E-state index contributed by atoms with van der Waals surface area (Å²) in [6.07, 6.45) is 1.61. The Morgan fingerprint density at radius 1 is 1.17 bits per heavy atom. The Morgan fingerprint density at radius 2 is 1.96 bits per heavy atom. The molecule has 0 saturated carbocycles. The Hall–Kier alpha value is -2.17. The molecule has 4 nitrogen and oxygen atoms in total. The number of rotatable bonds is 5. The number of fused-ring (bicyclic) bond motifs is 1. The maximum absolute atomic E-state index is 12.5. The molecular weight excluding hydrogens is 322 g/mol. The molecule has 0 spiro atoms. The van der Waals surface area contributed by atoms with Gasteiger partial charge in [0.15, 0.2) is 0 Å². The summed E-state index contributed by atoms with van der Waals surface area (Å²) >= 11 is 6.08. The van der Waals surface area contributed by atoms with Crippen LogP contribution in [0.2, 0.25) is 5.02 Å². The first-order valence-corrected chi connectivity index (χ1v) is 8.30. The van der Waals surface area contributed by atoms with Crippen LogP contribution in [0.15, 0.2) is 59.7 Å². The number of halogens is 1. The quantitative estimate of drug-likeness (QED) is 0.771. The average Bonchev–Trinajstić information content (AvgIpc) is 2.57. The lowest BCUT2D eigenvalue weighted by molar-refractivity contribution is 0.389. The van der Waals surface area contributed by atoms with Gasteiger partial charge in [0.1, 0.15) is 0 Å². The number of aromatic nitrogens is 2. The molecule has 2 aromatic carbocycles. The van der Waals surface area contributed by atoms with Gasteiger partial charge in [-0.2, -0.15) is 0 Å². The van der Waals surface area contributed by atoms with Gasteiger partial charge in [0.2, 0.25) is 0 Å². The van der Waals surface area contributed by atoms with E-state index < -0.39 is 0 Å². The molecular formula is C19H20ClN3O. The molecule has 0 radical (unpaired) electrons. The van der Waals surface area contributed by atoms with E-state index in [1.807, 2.05) is 48.5 Å². The Labute approximate surface area is 146 Å². The molecule has 0 unspecified atom stereocenters. The highest BCUT2D eigenvalue weighted by Gasteiger charge is 2.19. The molecule has 1 N–H and O–H groups in total. The maximum Gasteiger partial charge on any atom is 0.261 e. The summed E-state index contributed by atoms with van der Waals surface area (Å²) in [6, 6.07) is 15.2. The van der Waals surface area contributed by atoms with Crippen LogP contribution in [0.25, 0.3) is 10.9 Å². The molecule has 0 aliphatic heterocycles. The zero-order valence-corrected chi connectivity index (χ0v) is 14.5. The van der Waals surface area contributed by atoms with E-state index in [-0.39, 0.29) is 11.1 Å². The van der Waals surface area contributed by atoms with Gasteiger partial charge in [-0.3, -0.25) is 9.36 Å². The van der Waals surface area contributed by atoms with E-state index in [0.717, 1.165) is 16.1 Å². The van der Waals surface area contributed by atoms with Crippen molar-refractivity contribution in [3.8, 4) is 0 Å². The monoisotopic (exact) mass is 341 g/mol. The minimum Gasteiger partial charge on any atom is -0.306 e. The van der Waals surface area contributed by atoms with E-state index in [2.05, 4.69) is 24.1 Å². The summed E-state index contributed by atoms with van der Waals surface area (Å²) in [4.78, 5) is 16.8. The standard InChI is InChI=1S/C19H20ClN3O/c1-19(2,14-6-5-7-15(20)12-14)22-10-11-23-13-21-17-9-4-3-8-16(17)18(23)24/h3-9,12-13,22H,10-11H2,1-2H3. The van der Waals surface area contributed by atoms with Crippen molar-refractivity contribution in [2.45, 2.75) is 25.9 Å². The van der Waals surface area contributed by atoms with Crippen LogP contribution >= 0.6 is 11.6 Å². The smallest absolute Gasteiger partial charge is 0.261 e. The van der Waals surface area contributed by atoms with Crippen LogP contribution in [0.1, 0.15) is 19.4 Å². The second-order valence-corrected chi connectivity index (χ2v) is 6.76. The Morgan fingerprint density at radius 3 is 2.75 bits per heavy atom. The molecule has 0 bridgehead atoms. The largest absolute Gasteiger partial charge is 0.306 e. The van der Waals surface area contributed by atoms with Gasteiger partial charge in [0.05, 0.1) is 17.2 Å². The van der Waals surface area contributed by atoms with Crippen LogP contribution < -0.4 is 10.9 Å². The third kappa shape index (κ3) is 3.50. The SMILES string of the molecule is CC(C)(NCCn1cnc2ccccc2c1=O)c1cccc(Cl)c1. The highest BCUT2D eigenvalue weighted by Crippen LogP contribution is 2.22. The maximum atomic E-state index is 12.5. The normalized spacial score (nSPS) is 11.8. The predicted octanol–water partition coefficient (Wildman–Crippen LogP) is 3.57. The van der Waals surface area contributed by atoms with Crippen molar-refractivity contribution in [2.24, 2.45) is 0 Å². The second kappa shape index (κ2) is 6.75. The van der Waals surface area contributed by atoms with Gasteiger partial charge in [-0.1, -0.05) is 35.9 Å². The summed E-state index contributed by atoms with van der Waals surface area (Å²) in [7, 11) is 0. The van der Waals surface area contributed by atoms with Gasteiger partial charge in [0.25, 0.3) is 5.56 Å². The van der Waals surface area contributed by atoms with Gasteiger partial charge < -0.3 is 5.32 Å². The van der Waals surface area contributed by atoms with E-state index >= 15 is 0 Å². The van der Waals surface area contributed by atoms with Crippen molar-refractivity contribution >= 4 is 22.5 Å². The van der Waals surface area contributed by atoms with Gasteiger partial charge >= 0.3 is 0 Å². The van der Waals surface area contributed by atoms with E-state index in [0.29, 0.717) is 18.5 Å². The van der Waals surface area contributed by atoms with Crippen molar-refractivity contribution < 1.29 is 0 Å². The molecule has 1 aromatic heterocycles. The van der Waals surface area contributed by atoms with Crippen molar-refractivity contribution in [3.63, 3.8) is 0 Å². The number of para-hydroxylation sites is 1. The van der Waals surface area contributed by atoms with Gasteiger partial charge in [0, 0.05) is 23.7 Å². The van der Waals surface area contributed by atoms with Crippen molar-refractivity contribution in [3.05, 3.63) is 75.8 Å². The zero-order chi connectivity index (χ0) is 17.2. The lowest BCUT2D eigenvalue weighted by Gasteiger charge is -2.27. The Balaban J connectivity index is 1.72. The number of benzene rings is 2.